The summed E-state index contributed by atoms with van der Waals surface area (Å²) in [7, 11) is 0. The van der Waals surface area contributed by atoms with Gasteiger partial charge in [-0.15, -0.1) is 0 Å². The minimum absolute atomic E-state index is 0.00850. The zero-order chi connectivity index (χ0) is 15.2. The summed E-state index contributed by atoms with van der Waals surface area (Å²) < 4.78 is 5.62. The summed E-state index contributed by atoms with van der Waals surface area (Å²) in [6.45, 7) is 7.06. The van der Waals surface area contributed by atoms with Gasteiger partial charge in [-0.1, -0.05) is 42.8 Å². The number of nitrogens with two attached hydrogens (primary N) is 1. The molecule has 0 aliphatic rings. The highest BCUT2D eigenvalue weighted by molar-refractivity contribution is 5.40. The average molecular weight is 284 g/mol. The van der Waals surface area contributed by atoms with Crippen LogP contribution in [0.15, 0.2) is 42.5 Å². The first-order chi connectivity index (χ1) is 10.2. The molecule has 2 aromatic rings. The molecule has 3 N–H and O–H groups in total. The van der Waals surface area contributed by atoms with Crippen molar-refractivity contribution in [3.63, 3.8) is 0 Å². The van der Waals surface area contributed by atoms with E-state index in [1.54, 1.807) is 0 Å². The molecule has 0 spiro atoms. The molecule has 21 heavy (non-hydrogen) atoms. The van der Waals surface area contributed by atoms with Gasteiger partial charge in [-0.3, -0.25) is 5.84 Å². The minimum Gasteiger partial charge on any atom is -0.494 e. The molecule has 1 unspecified atom stereocenters. The number of ether oxygens (including phenoxy) is 1. The lowest BCUT2D eigenvalue weighted by molar-refractivity contribution is 0.317. The van der Waals surface area contributed by atoms with Crippen molar-refractivity contribution in [2.24, 2.45) is 5.84 Å². The molecule has 0 aliphatic carbocycles. The number of hydrogen-bond donors (Lipinski definition) is 2. The fourth-order valence-electron chi connectivity index (χ4n) is 2.49. The molecule has 0 saturated carbocycles. The summed E-state index contributed by atoms with van der Waals surface area (Å²) in [5.74, 6) is 6.68. The van der Waals surface area contributed by atoms with Crippen molar-refractivity contribution in [3.8, 4) is 5.75 Å². The Kier molecular flexibility index (Phi) is 5.37. The van der Waals surface area contributed by atoms with Crippen molar-refractivity contribution in [1.82, 2.24) is 5.43 Å². The molecule has 1 atom stereocenters. The maximum Gasteiger partial charge on any atom is 0.119 e. The van der Waals surface area contributed by atoms with Crippen molar-refractivity contribution < 1.29 is 4.74 Å². The Balaban J connectivity index is 2.24. The zero-order valence-electron chi connectivity index (χ0n) is 13.0. The van der Waals surface area contributed by atoms with Gasteiger partial charge in [0.1, 0.15) is 5.75 Å². The number of benzene rings is 2. The molecule has 0 aliphatic heterocycles. The summed E-state index contributed by atoms with van der Waals surface area (Å²) in [5, 5.41) is 0. The van der Waals surface area contributed by atoms with Crippen LogP contribution < -0.4 is 16.0 Å². The summed E-state index contributed by atoms with van der Waals surface area (Å²) in [4.78, 5) is 0. The van der Waals surface area contributed by atoms with Crippen LogP contribution in [0.4, 0.5) is 0 Å². The third-order valence-electron chi connectivity index (χ3n) is 3.59. The highest BCUT2D eigenvalue weighted by Gasteiger charge is 2.14. The van der Waals surface area contributed by atoms with Gasteiger partial charge in [0.2, 0.25) is 0 Å². The highest BCUT2D eigenvalue weighted by Crippen LogP contribution is 2.26. The van der Waals surface area contributed by atoms with Crippen molar-refractivity contribution in [2.45, 2.75) is 33.2 Å². The van der Waals surface area contributed by atoms with E-state index < -0.39 is 0 Å². The second kappa shape index (κ2) is 7.25. The largest absolute Gasteiger partial charge is 0.494 e. The minimum atomic E-state index is -0.00850. The summed E-state index contributed by atoms with van der Waals surface area (Å²) >= 11 is 0. The topological polar surface area (TPSA) is 47.3 Å². The third kappa shape index (κ3) is 3.84. The lowest BCUT2D eigenvalue weighted by Crippen LogP contribution is -2.29. The molecule has 2 aromatic carbocycles. The molecular formula is C18H24N2O. The van der Waals surface area contributed by atoms with Gasteiger partial charge < -0.3 is 4.74 Å². The fraction of sp³-hybridized carbons (Fsp3) is 0.333. The maximum atomic E-state index is 5.78. The van der Waals surface area contributed by atoms with E-state index in [4.69, 9.17) is 10.6 Å². The van der Waals surface area contributed by atoms with Crippen molar-refractivity contribution in [3.05, 3.63) is 64.7 Å². The van der Waals surface area contributed by atoms with E-state index in [-0.39, 0.29) is 6.04 Å². The monoisotopic (exact) mass is 284 g/mol. The van der Waals surface area contributed by atoms with E-state index >= 15 is 0 Å². The smallest absolute Gasteiger partial charge is 0.119 e. The van der Waals surface area contributed by atoms with Gasteiger partial charge in [-0.25, -0.2) is 5.43 Å². The Morgan fingerprint density at radius 1 is 1.10 bits per heavy atom. The number of hydrazine groups is 1. The Labute approximate surface area is 127 Å². The van der Waals surface area contributed by atoms with E-state index in [0.717, 1.165) is 24.3 Å². The van der Waals surface area contributed by atoms with Crippen LogP contribution in [0.25, 0.3) is 0 Å². The second-order valence-corrected chi connectivity index (χ2v) is 5.38. The molecule has 112 valence electrons. The predicted octanol–water partition coefficient (Wildman–Crippen LogP) is 3.64. The van der Waals surface area contributed by atoms with Crippen LogP contribution >= 0.6 is 0 Å². The quantitative estimate of drug-likeness (QED) is 0.629. The van der Waals surface area contributed by atoms with Crippen molar-refractivity contribution in [2.75, 3.05) is 6.61 Å². The standard InChI is InChI=1S/C18H24N2O/c1-4-11-21-16-8-6-15(7-9-16)18(20-19)17-10-5-13(2)12-14(17)3/h5-10,12,18,20H,4,11,19H2,1-3H3. The van der Waals surface area contributed by atoms with Crippen LogP contribution in [-0.2, 0) is 0 Å². The molecule has 0 amide bonds. The van der Waals surface area contributed by atoms with E-state index in [1.807, 2.05) is 12.1 Å². The lowest BCUT2D eigenvalue weighted by atomic mass is 9.94. The summed E-state index contributed by atoms with van der Waals surface area (Å²) in [6, 6.07) is 14.5. The fourth-order valence-corrected chi connectivity index (χ4v) is 2.49. The van der Waals surface area contributed by atoms with E-state index in [9.17, 15) is 0 Å². The molecule has 0 fully saturated rings. The Morgan fingerprint density at radius 2 is 1.81 bits per heavy atom. The van der Waals surface area contributed by atoms with E-state index in [0.29, 0.717) is 0 Å². The molecule has 0 radical (unpaired) electrons. The molecule has 3 nitrogen and oxygen atoms in total. The zero-order valence-corrected chi connectivity index (χ0v) is 13.0. The number of rotatable bonds is 6. The number of hydrogen-bond acceptors (Lipinski definition) is 3. The van der Waals surface area contributed by atoms with Crippen LogP contribution in [0, 0.1) is 13.8 Å². The van der Waals surface area contributed by atoms with Gasteiger partial charge in [0, 0.05) is 0 Å². The molecule has 0 bridgehead atoms. The molecule has 0 saturated heterocycles. The van der Waals surface area contributed by atoms with Crippen LogP contribution in [0.3, 0.4) is 0 Å². The number of aryl methyl sites for hydroxylation is 2. The molecule has 0 aromatic heterocycles. The van der Waals surface area contributed by atoms with E-state index in [2.05, 4.69) is 56.5 Å². The van der Waals surface area contributed by atoms with Gasteiger partial charge in [-0.05, 0) is 49.1 Å². The van der Waals surface area contributed by atoms with Gasteiger partial charge >= 0.3 is 0 Å². The molecular weight excluding hydrogens is 260 g/mol. The molecule has 0 heterocycles. The van der Waals surface area contributed by atoms with Crippen molar-refractivity contribution >= 4 is 0 Å². The third-order valence-corrected chi connectivity index (χ3v) is 3.59. The summed E-state index contributed by atoms with van der Waals surface area (Å²) in [5.41, 5.74) is 7.75. The molecule has 3 heteroatoms. The first-order valence-corrected chi connectivity index (χ1v) is 7.41. The summed E-state index contributed by atoms with van der Waals surface area (Å²) in [6.07, 6.45) is 1.01. The lowest BCUT2D eigenvalue weighted by Gasteiger charge is -2.20. The average Bonchev–Trinajstić information content (AvgIpc) is 2.49. The van der Waals surface area contributed by atoms with Crippen LogP contribution in [0.1, 0.15) is 41.6 Å². The Hall–Kier alpha value is -1.84. The van der Waals surface area contributed by atoms with Crippen LogP contribution in [-0.4, -0.2) is 6.61 Å². The predicted molar refractivity (Wildman–Crippen MR) is 87.3 cm³/mol. The van der Waals surface area contributed by atoms with Crippen molar-refractivity contribution in [1.29, 1.82) is 0 Å². The van der Waals surface area contributed by atoms with Gasteiger partial charge in [0.15, 0.2) is 0 Å². The Morgan fingerprint density at radius 3 is 2.38 bits per heavy atom. The van der Waals surface area contributed by atoms with Crippen LogP contribution in [0.5, 0.6) is 5.75 Å². The SMILES string of the molecule is CCCOc1ccc(C(NN)c2ccc(C)cc2C)cc1. The number of nitrogens with one attached hydrogen (secondary N) is 1. The normalized spacial score (nSPS) is 12.2. The van der Waals surface area contributed by atoms with Gasteiger partial charge in [-0.2, -0.15) is 0 Å². The maximum absolute atomic E-state index is 5.78. The van der Waals surface area contributed by atoms with Gasteiger partial charge in [0.25, 0.3) is 0 Å². The van der Waals surface area contributed by atoms with Crippen LogP contribution in [0.2, 0.25) is 0 Å². The molecule has 2 rings (SSSR count). The highest BCUT2D eigenvalue weighted by atomic mass is 16.5. The first kappa shape index (κ1) is 15.5. The van der Waals surface area contributed by atoms with E-state index in [1.165, 1.54) is 16.7 Å². The second-order valence-electron chi connectivity index (χ2n) is 5.38. The van der Waals surface area contributed by atoms with Gasteiger partial charge in [0.05, 0.1) is 12.6 Å². The first-order valence-electron chi connectivity index (χ1n) is 7.41. The Bertz CT molecular complexity index is 578.